The minimum Gasteiger partial charge on any atom is -0.489 e. The molecular formula is C38H35ClFN5O4. The van der Waals surface area contributed by atoms with Crippen molar-refractivity contribution >= 4 is 28.5 Å². The van der Waals surface area contributed by atoms with E-state index in [1.54, 1.807) is 18.2 Å². The lowest BCUT2D eigenvalue weighted by Crippen LogP contribution is -2.30. The molecule has 2 heterocycles. The minimum absolute atomic E-state index is 0.0167. The molecule has 0 unspecified atom stereocenters. The zero-order valence-corrected chi connectivity index (χ0v) is 27.9. The third kappa shape index (κ3) is 6.87. The number of carbonyl (C=O) groups is 1. The van der Waals surface area contributed by atoms with Crippen molar-refractivity contribution in [3.8, 4) is 39.7 Å². The molecule has 0 aliphatic heterocycles. The average Bonchev–Trinajstić information content (AvgIpc) is 3.71. The molecule has 0 bridgehead atoms. The van der Waals surface area contributed by atoms with Gasteiger partial charge in [-0.15, -0.1) is 0 Å². The summed E-state index contributed by atoms with van der Waals surface area (Å²) in [6, 6.07) is 23.5. The molecule has 0 radical (unpaired) electrons. The highest BCUT2D eigenvalue weighted by Gasteiger charge is 2.25. The third-order valence-corrected chi connectivity index (χ3v) is 9.11. The Morgan fingerprint density at radius 1 is 1.00 bits per heavy atom. The third-order valence-electron chi connectivity index (χ3n) is 8.86. The van der Waals surface area contributed by atoms with Crippen LogP contribution in [0.25, 0.3) is 44.9 Å². The van der Waals surface area contributed by atoms with Gasteiger partial charge in [-0.25, -0.2) is 14.2 Å². The van der Waals surface area contributed by atoms with Crippen molar-refractivity contribution in [1.29, 1.82) is 0 Å². The van der Waals surface area contributed by atoms with E-state index in [0.29, 0.717) is 44.6 Å². The molecule has 1 amide bonds. The molecule has 0 spiro atoms. The van der Waals surface area contributed by atoms with Gasteiger partial charge in [-0.1, -0.05) is 54.2 Å². The quantitative estimate of drug-likeness (QED) is 0.158. The summed E-state index contributed by atoms with van der Waals surface area (Å²) in [6.45, 7) is 3.92. The number of benzene rings is 4. The molecule has 9 nitrogen and oxygen atoms in total. The van der Waals surface area contributed by atoms with Gasteiger partial charge in [-0.05, 0) is 98.0 Å². The molecule has 11 heteroatoms. The van der Waals surface area contributed by atoms with Gasteiger partial charge in [0.05, 0.1) is 16.6 Å². The lowest BCUT2D eigenvalue weighted by molar-refractivity contribution is 0.0943. The van der Waals surface area contributed by atoms with E-state index >= 15 is 4.39 Å². The summed E-state index contributed by atoms with van der Waals surface area (Å²) in [5.74, 6) is -0.105. The normalized spacial score (nSPS) is 13.7. The van der Waals surface area contributed by atoms with Gasteiger partial charge in [0, 0.05) is 34.3 Å². The fourth-order valence-electron chi connectivity index (χ4n) is 6.54. The Bertz CT molecular complexity index is 2200. The van der Waals surface area contributed by atoms with E-state index in [-0.39, 0.29) is 24.6 Å². The van der Waals surface area contributed by atoms with Crippen LogP contribution >= 0.6 is 11.6 Å². The van der Waals surface area contributed by atoms with Crippen LogP contribution in [-0.4, -0.2) is 31.6 Å². The molecule has 0 atom stereocenters. The first-order chi connectivity index (χ1) is 23.7. The number of amides is 1. The van der Waals surface area contributed by atoms with Crippen molar-refractivity contribution in [2.75, 3.05) is 0 Å². The van der Waals surface area contributed by atoms with Gasteiger partial charge in [0.2, 0.25) is 0 Å². The van der Waals surface area contributed by atoms with Crippen LogP contribution in [0.1, 0.15) is 67.9 Å². The summed E-state index contributed by atoms with van der Waals surface area (Å²) in [5, 5.41) is 7.36. The molecule has 4 aromatic carbocycles. The van der Waals surface area contributed by atoms with E-state index in [1.165, 1.54) is 12.5 Å². The van der Waals surface area contributed by atoms with Crippen LogP contribution in [0.5, 0.6) is 5.75 Å². The van der Waals surface area contributed by atoms with Crippen LogP contribution in [0.15, 0.2) is 88.2 Å². The Labute approximate surface area is 287 Å². The van der Waals surface area contributed by atoms with E-state index in [2.05, 4.69) is 20.0 Å². The molecule has 250 valence electrons. The number of H-pyrrole nitrogens is 1. The maximum Gasteiger partial charge on any atom is 0.439 e. The summed E-state index contributed by atoms with van der Waals surface area (Å²) >= 11 is 6.14. The van der Waals surface area contributed by atoms with Gasteiger partial charge in [-0.3, -0.25) is 14.3 Å². The SMILES string of the molecule is CC(C)NC(=O)c1ccc(-c2ccc(Cl)cc2)c(COc2ccc(-c3nc4cc(-c5noc(=O)[nH]5)ccc4n3C3CCCCC3)c(F)c2)c1. The van der Waals surface area contributed by atoms with Crippen molar-refractivity contribution < 1.29 is 18.4 Å². The molecule has 1 aliphatic rings. The molecular weight excluding hydrogens is 645 g/mol. The number of aromatic amines is 1. The highest BCUT2D eigenvalue weighted by molar-refractivity contribution is 6.30. The predicted molar refractivity (Wildman–Crippen MR) is 187 cm³/mol. The van der Waals surface area contributed by atoms with Crippen molar-refractivity contribution in [2.45, 2.75) is 64.6 Å². The number of rotatable bonds is 9. The second-order valence-corrected chi connectivity index (χ2v) is 13.1. The Kier molecular flexibility index (Phi) is 9.05. The zero-order chi connectivity index (χ0) is 34.1. The van der Waals surface area contributed by atoms with Crippen molar-refractivity contribution in [3.63, 3.8) is 0 Å². The van der Waals surface area contributed by atoms with Gasteiger partial charge in [0.25, 0.3) is 5.91 Å². The van der Waals surface area contributed by atoms with Crippen molar-refractivity contribution in [2.24, 2.45) is 0 Å². The van der Waals surface area contributed by atoms with E-state index in [4.69, 9.17) is 25.8 Å². The Balaban J connectivity index is 1.21. The Hall–Kier alpha value is -5.22. The standard InChI is InChI=1S/C38H35ClFN5O4/c1-22(2)41-37(46)25-10-15-30(23-8-12-27(39)13-9-23)26(18-25)21-48-29-14-16-31(32(40)20-29)36-42-33-19-24(35-43-38(47)49-44-35)11-17-34(33)45(36)28-6-4-3-5-7-28/h8-20,22,28H,3-7,21H2,1-2H3,(H,41,46)(H,43,44,47). The summed E-state index contributed by atoms with van der Waals surface area (Å²) in [6.07, 6.45) is 5.31. The van der Waals surface area contributed by atoms with Crippen LogP contribution < -0.4 is 15.8 Å². The lowest BCUT2D eigenvalue weighted by Gasteiger charge is -2.25. The van der Waals surface area contributed by atoms with E-state index in [0.717, 1.165) is 47.9 Å². The average molecular weight is 680 g/mol. The van der Waals surface area contributed by atoms with Crippen molar-refractivity contribution in [3.05, 3.63) is 111 Å². The predicted octanol–water partition coefficient (Wildman–Crippen LogP) is 8.73. The summed E-state index contributed by atoms with van der Waals surface area (Å²) in [4.78, 5) is 31.9. The summed E-state index contributed by atoms with van der Waals surface area (Å²) in [5.41, 5.74) is 5.62. The van der Waals surface area contributed by atoms with Crippen molar-refractivity contribution in [1.82, 2.24) is 25.0 Å². The van der Waals surface area contributed by atoms with Crippen LogP contribution in [0.4, 0.5) is 4.39 Å². The molecule has 7 rings (SSSR count). The van der Waals surface area contributed by atoms with Gasteiger partial charge < -0.3 is 14.6 Å². The largest absolute Gasteiger partial charge is 0.489 e. The fourth-order valence-corrected chi connectivity index (χ4v) is 6.66. The molecule has 2 aromatic heterocycles. The highest BCUT2D eigenvalue weighted by Crippen LogP contribution is 2.38. The highest BCUT2D eigenvalue weighted by atomic mass is 35.5. The minimum atomic E-state index is -0.640. The van der Waals surface area contributed by atoms with Gasteiger partial charge in [-0.2, -0.15) is 0 Å². The van der Waals surface area contributed by atoms with E-state index in [9.17, 15) is 9.59 Å². The molecule has 49 heavy (non-hydrogen) atoms. The molecule has 6 aromatic rings. The molecule has 0 saturated heterocycles. The second-order valence-electron chi connectivity index (χ2n) is 12.7. The van der Waals surface area contributed by atoms with Crippen LogP contribution in [0, 0.1) is 5.82 Å². The second kappa shape index (κ2) is 13.7. The number of imidazole rings is 1. The molecule has 1 saturated carbocycles. The maximum absolute atomic E-state index is 16.1. The van der Waals surface area contributed by atoms with Gasteiger partial charge in [0.15, 0.2) is 5.82 Å². The van der Waals surface area contributed by atoms with Crippen LogP contribution in [0.3, 0.4) is 0 Å². The molecule has 2 N–H and O–H groups in total. The number of fused-ring (bicyclic) bond motifs is 1. The topological polar surface area (TPSA) is 115 Å². The number of halogens is 2. The number of ether oxygens (including phenoxy) is 1. The first-order valence-electron chi connectivity index (χ1n) is 16.4. The zero-order valence-electron chi connectivity index (χ0n) is 27.1. The Morgan fingerprint density at radius 2 is 1.76 bits per heavy atom. The van der Waals surface area contributed by atoms with Crippen LogP contribution in [0.2, 0.25) is 5.02 Å². The number of hydrogen-bond donors (Lipinski definition) is 2. The number of nitrogens with one attached hydrogen (secondary N) is 2. The fraction of sp³-hybridized carbons (Fsp3) is 0.263. The van der Waals surface area contributed by atoms with E-state index < -0.39 is 11.6 Å². The van der Waals surface area contributed by atoms with E-state index in [1.807, 2.05) is 68.4 Å². The number of hydrogen-bond acceptors (Lipinski definition) is 6. The van der Waals surface area contributed by atoms with Gasteiger partial charge in [0.1, 0.15) is 24.0 Å². The molecule has 1 aliphatic carbocycles. The van der Waals surface area contributed by atoms with Crippen LogP contribution in [-0.2, 0) is 6.61 Å². The monoisotopic (exact) mass is 679 g/mol. The maximum atomic E-state index is 16.1. The number of carbonyl (C=O) groups excluding carboxylic acids is 1. The lowest BCUT2D eigenvalue weighted by atomic mass is 9.94. The summed E-state index contributed by atoms with van der Waals surface area (Å²) in [7, 11) is 0. The first kappa shape index (κ1) is 32.3. The smallest absolute Gasteiger partial charge is 0.439 e. The first-order valence-corrected chi connectivity index (χ1v) is 16.8. The number of aromatic nitrogens is 4. The number of nitrogens with zero attached hydrogens (tertiary/aromatic N) is 3. The van der Waals surface area contributed by atoms with Gasteiger partial charge >= 0.3 is 5.76 Å². The summed E-state index contributed by atoms with van der Waals surface area (Å²) < 4.78 is 29.1. The molecule has 1 fully saturated rings. The Morgan fingerprint density at radius 3 is 2.47 bits per heavy atom.